The number of benzene rings is 1. The Kier molecular flexibility index (Phi) is 6.39. The van der Waals surface area contributed by atoms with Crippen LogP contribution in [-0.4, -0.2) is 25.4 Å². The molecule has 0 heterocycles. The predicted molar refractivity (Wildman–Crippen MR) is 74.8 cm³/mol. The van der Waals surface area contributed by atoms with E-state index in [-0.39, 0.29) is 5.82 Å². The molecule has 0 aliphatic heterocycles. The molecule has 2 N–H and O–H groups in total. The van der Waals surface area contributed by atoms with E-state index >= 15 is 0 Å². The fourth-order valence-electron chi connectivity index (χ4n) is 1.18. The molecule has 0 spiro atoms. The lowest BCUT2D eigenvalue weighted by Crippen LogP contribution is -2.29. The Labute approximate surface area is 114 Å². The highest BCUT2D eigenvalue weighted by molar-refractivity contribution is 9.10. The number of hydrogen-bond acceptors (Lipinski definition) is 2. The van der Waals surface area contributed by atoms with Crippen LogP contribution in [0.2, 0.25) is 0 Å². The summed E-state index contributed by atoms with van der Waals surface area (Å²) in [6.45, 7) is 1.39. The van der Waals surface area contributed by atoms with Crippen LogP contribution in [0.4, 0.5) is 10.1 Å². The van der Waals surface area contributed by atoms with Gasteiger partial charge in [0.2, 0.25) is 0 Å². The molecule has 0 saturated heterocycles. The van der Waals surface area contributed by atoms with Gasteiger partial charge in [-0.1, -0.05) is 0 Å². The second-order valence-corrected chi connectivity index (χ2v) is 4.61. The summed E-state index contributed by atoms with van der Waals surface area (Å²) < 4.78 is 18.7. The van der Waals surface area contributed by atoms with Crippen molar-refractivity contribution in [2.75, 3.05) is 25.6 Å². The third-order valence-corrected chi connectivity index (χ3v) is 2.93. The Morgan fingerprint density at radius 1 is 1.53 bits per heavy atom. The number of rotatable bonds is 5. The fraction of sp³-hybridized carbons (Fsp3) is 0.364. The Morgan fingerprint density at radius 2 is 2.29 bits per heavy atom. The van der Waals surface area contributed by atoms with E-state index in [4.69, 9.17) is 17.0 Å². The van der Waals surface area contributed by atoms with Crippen LogP contribution in [0.5, 0.6) is 0 Å². The van der Waals surface area contributed by atoms with Crippen molar-refractivity contribution in [3.8, 4) is 0 Å². The number of hydrogen-bond donors (Lipinski definition) is 2. The van der Waals surface area contributed by atoms with E-state index in [0.717, 1.165) is 10.9 Å². The molecule has 0 amide bonds. The molecule has 3 nitrogen and oxygen atoms in total. The van der Waals surface area contributed by atoms with Crippen LogP contribution >= 0.6 is 28.1 Å². The molecule has 0 aliphatic rings. The van der Waals surface area contributed by atoms with Crippen LogP contribution in [0.3, 0.4) is 0 Å². The second kappa shape index (κ2) is 7.58. The summed E-state index contributed by atoms with van der Waals surface area (Å²) in [6, 6.07) is 4.39. The molecule has 1 aromatic carbocycles. The maximum atomic E-state index is 13.0. The van der Waals surface area contributed by atoms with Gasteiger partial charge >= 0.3 is 0 Å². The van der Waals surface area contributed by atoms with E-state index in [1.54, 1.807) is 13.2 Å². The van der Waals surface area contributed by atoms with Crippen molar-refractivity contribution in [1.82, 2.24) is 5.32 Å². The van der Waals surface area contributed by atoms with E-state index in [1.807, 2.05) is 0 Å². The highest BCUT2D eigenvalue weighted by Gasteiger charge is 2.03. The van der Waals surface area contributed by atoms with Gasteiger partial charge in [-0.3, -0.25) is 0 Å². The second-order valence-electron chi connectivity index (χ2n) is 3.35. The summed E-state index contributed by atoms with van der Waals surface area (Å²) >= 11 is 8.40. The third kappa shape index (κ3) is 5.43. The molecule has 0 fully saturated rings. The van der Waals surface area contributed by atoms with Gasteiger partial charge < -0.3 is 15.4 Å². The van der Waals surface area contributed by atoms with Gasteiger partial charge in [0.1, 0.15) is 5.82 Å². The summed E-state index contributed by atoms with van der Waals surface area (Å²) in [5, 5.41) is 6.40. The van der Waals surface area contributed by atoms with Crippen molar-refractivity contribution < 1.29 is 9.13 Å². The number of methoxy groups -OCH3 is 1. The van der Waals surface area contributed by atoms with Crippen molar-refractivity contribution in [1.29, 1.82) is 0 Å². The molecule has 1 rings (SSSR count). The number of nitrogens with one attached hydrogen (secondary N) is 2. The molecule has 0 atom stereocenters. The van der Waals surface area contributed by atoms with Crippen LogP contribution in [-0.2, 0) is 4.74 Å². The number of halogens is 2. The van der Waals surface area contributed by atoms with E-state index in [1.165, 1.54) is 12.1 Å². The third-order valence-electron chi connectivity index (χ3n) is 1.99. The number of ether oxygens (including phenoxy) is 1. The van der Waals surface area contributed by atoms with Crippen LogP contribution in [0.1, 0.15) is 6.42 Å². The van der Waals surface area contributed by atoms with Crippen LogP contribution in [0.25, 0.3) is 0 Å². The Bertz CT molecular complexity index is 390. The molecule has 0 bridgehead atoms. The maximum absolute atomic E-state index is 13.0. The molecule has 0 saturated carbocycles. The molecular weight excluding hydrogens is 307 g/mol. The molecule has 1 aromatic rings. The van der Waals surface area contributed by atoms with Crippen LogP contribution < -0.4 is 10.6 Å². The quantitative estimate of drug-likeness (QED) is 0.645. The average molecular weight is 321 g/mol. The first-order valence-corrected chi connectivity index (χ1v) is 6.32. The summed E-state index contributed by atoms with van der Waals surface area (Å²) in [5.41, 5.74) is 0.606. The van der Waals surface area contributed by atoms with Crippen LogP contribution in [0, 0.1) is 5.82 Å². The van der Waals surface area contributed by atoms with Gasteiger partial charge in [-0.05, 0) is 52.8 Å². The summed E-state index contributed by atoms with van der Waals surface area (Å²) in [7, 11) is 1.65. The largest absolute Gasteiger partial charge is 0.385 e. The van der Waals surface area contributed by atoms with Crippen molar-refractivity contribution in [3.63, 3.8) is 0 Å². The molecule has 0 aliphatic carbocycles. The minimum absolute atomic E-state index is 0.308. The average Bonchev–Trinajstić information content (AvgIpc) is 2.29. The first-order valence-electron chi connectivity index (χ1n) is 5.12. The zero-order valence-electron chi connectivity index (χ0n) is 9.43. The summed E-state index contributed by atoms with van der Waals surface area (Å²) in [4.78, 5) is 0. The smallest absolute Gasteiger partial charge is 0.170 e. The van der Waals surface area contributed by atoms with Crippen LogP contribution in [0.15, 0.2) is 22.7 Å². The van der Waals surface area contributed by atoms with Gasteiger partial charge in [0.25, 0.3) is 0 Å². The molecule has 0 aromatic heterocycles. The van der Waals surface area contributed by atoms with Gasteiger partial charge in [-0.2, -0.15) is 0 Å². The first kappa shape index (κ1) is 14.3. The minimum atomic E-state index is -0.308. The lowest BCUT2D eigenvalue weighted by atomic mass is 10.3. The first-order chi connectivity index (χ1) is 8.13. The highest BCUT2D eigenvalue weighted by atomic mass is 79.9. The summed E-state index contributed by atoms with van der Waals surface area (Å²) in [5.74, 6) is -0.308. The Balaban J connectivity index is 2.42. The predicted octanol–water partition coefficient (Wildman–Crippen LogP) is 2.91. The van der Waals surface area contributed by atoms with Gasteiger partial charge in [0, 0.05) is 24.7 Å². The van der Waals surface area contributed by atoms with Crippen molar-refractivity contribution >= 4 is 38.9 Å². The standard InChI is InChI=1S/C11H14BrFN2OS/c1-16-6-2-5-14-11(17)15-10-7-8(13)3-4-9(10)12/h3-4,7H,2,5-6H2,1H3,(H2,14,15,17). The number of thiocarbonyl (C=S) groups is 1. The van der Waals surface area contributed by atoms with Crippen molar-refractivity contribution in [2.24, 2.45) is 0 Å². The van der Waals surface area contributed by atoms with Gasteiger partial charge in [-0.25, -0.2) is 4.39 Å². The van der Waals surface area contributed by atoms with E-state index < -0.39 is 0 Å². The fourth-order valence-corrected chi connectivity index (χ4v) is 1.74. The van der Waals surface area contributed by atoms with E-state index in [9.17, 15) is 4.39 Å². The monoisotopic (exact) mass is 320 g/mol. The van der Waals surface area contributed by atoms with Gasteiger partial charge in [0.05, 0.1) is 5.69 Å². The Morgan fingerprint density at radius 3 is 3.00 bits per heavy atom. The molecule has 0 unspecified atom stereocenters. The summed E-state index contributed by atoms with van der Waals surface area (Å²) in [6.07, 6.45) is 0.864. The maximum Gasteiger partial charge on any atom is 0.170 e. The molecule has 17 heavy (non-hydrogen) atoms. The van der Waals surface area contributed by atoms with Gasteiger partial charge in [-0.15, -0.1) is 0 Å². The highest BCUT2D eigenvalue weighted by Crippen LogP contribution is 2.22. The zero-order valence-corrected chi connectivity index (χ0v) is 11.8. The lowest BCUT2D eigenvalue weighted by molar-refractivity contribution is 0.196. The number of anilines is 1. The zero-order chi connectivity index (χ0) is 12.7. The molecule has 94 valence electrons. The van der Waals surface area contributed by atoms with Crippen molar-refractivity contribution in [3.05, 3.63) is 28.5 Å². The molecule has 0 radical (unpaired) electrons. The lowest BCUT2D eigenvalue weighted by Gasteiger charge is -2.11. The van der Waals surface area contributed by atoms with Gasteiger partial charge in [0.15, 0.2) is 5.11 Å². The molecule has 6 heteroatoms. The molecular formula is C11H14BrFN2OS. The topological polar surface area (TPSA) is 33.3 Å². The van der Waals surface area contributed by atoms with E-state index in [0.29, 0.717) is 24.0 Å². The minimum Gasteiger partial charge on any atom is -0.385 e. The SMILES string of the molecule is COCCCNC(=S)Nc1cc(F)ccc1Br. The Hall–Kier alpha value is -0.720. The normalized spacial score (nSPS) is 10.1. The van der Waals surface area contributed by atoms with E-state index in [2.05, 4.69) is 26.6 Å². The van der Waals surface area contributed by atoms with Crippen molar-refractivity contribution in [2.45, 2.75) is 6.42 Å².